The molecule has 0 aliphatic rings. The summed E-state index contributed by atoms with van der Waals surface area (Å²) in [5, 5.41) is 9.88. The number of hydrogen-bond acceptors (Lipinski definition) is 4. The van der Waals surface area contributed by atoms with E-state index in [0.29, 0.717) is 12.4 Å². The molecule has 2 aromatic rings. The summed E-state index contributed by atoms with van der Waals surface area (Å²) in [7, 11) is 3.91. The second kappa shape index (κ2) is 9.49. The molecule has 0 bridgehead atoms. The van der Waals surface area contributed by atoms with Gasteiger partial charge in [-0.05, 0) is 38.2 Å². The molecule has 6 nitrogen and oxygen atoms in total. The Balaban J connectivity index is 2.09. The van der Waals surface area contributed by atoms with Gasteiger partial charge in [-0.1, -0.05) is 25.4 Å². The van der Waals surface area contributed by atoms with Crippen molar-refractivity contribution in [3.8, 4) is 0 Å². The van der Waals surface area contributed by atoms with Crippen molar-refractivity contribution in [1.82, 2.24) is 14.7 Å². The van der Waals surface area contributed by atoms with E-state index < -0.39 is 17.8 Å². The third-order valence-electron chi connectivity index (χ3n) is 4.22. The largest absolute Gasteiger partial charge is 0.416 e. The number of nitrogens with zero attached hydrogens (tertiary/aromatic N) is 3. The first kappa shape index (κ1) is 23.0. The molecule has 0 radical (unpaired) electrons. The predicted molar refractivity (Wildman–Crippen MR) is 108 cm³/mol. The zero-order valence-corrected chi connectivity index (χ0v) is 17.5. The summed E-state index contributed by atoms with van der Waals surface area (Å²) in [6, 6.07) is 3.97. The van der Waals surface area contributed by atoms with Crippen molar-refractivity contribution >= 4 is 29.0 Å². The Kier molecular flexibility index (Phi) is 7.54. The number of aromatic nitrogens is 2. The fourth-order valence-corrected chi connectivity index (χ4v) is 2.81. The van der Waals surface area contributed by atoms with E-state index in [4.69, 9.17) is 11.6 Å². The molecule has 0 unspecified atom stereocenters. The molecule has 1 amide bonds. The van der Waals surface area contributed by atoms with Crippen LogP contribution >= 0.6 is 11.6 Å². The number of alkyl halides is 3. The van der Waals surface area contributed by atoms with Gasteiger partial charge in [0.2, 0.25) is 5.91 Å². The van der Waals surface area contributed by atoms with Crippen LogP contribution in [-0.4, -0.2) is 47.3 Å². The first-order valence-corrected chi connectivity index (χ1v) is 9.47. The molecule has 0 saturated heterocycles. The monoisotopic (exact) mass is 431 g/mol. The summed E-state index contributed by atoms with van der Waals surface area (Å²) >= 11 is 6.00. The Morgan fingerprint density at radius 1 is 1.28 bits per heavy atom. The minimum atomic E-state index is -4.48. The van der Waals surface area contributed by atoms with Gasteiger partial charge in [0, 0.05) is 18.8 Å². The van der Waals surface area contributed by atoms with E-state index in [0.717, 1.165) is 18.7 Å². The van der Waals surface area contributed by atoms with E-state index in [1.807, 2.05) is 32.8 Å². The number of nitrogens with one attached hydrogen (secondary N) is 2. The van der Waals surface area contributed by atoms with Gasteiger partial charge in [0.15, 0.2) is 5.82 Å². The van der Waals surface area contributed by atoms with Crippen LogP contribution < -0.4 is 10.6 Å². The average molecular weight is 432 g/mol. The number of hydrogen-bond donors (Lipinski definition) is 2. The van der Waals surface area contributed by atoms with Crippen molar-refractivity contribution in [3.05, 3.63) is 41.0 Å². The molecule has 1 aromatic carbocycles. The summed E-state index contributed by atoms with van der Waals surface area (Å²) in [6.07, 6.45) is -2.72. The summed E-state index contributed by atoms with van der Waals surface area (Å²) < 4.78 is 40.1. The maximum atomic E-state index is 12.8. The van der Waals surface area contributed by atoms with E-state index in [2.05, 4.69) is 15.7 Å². The molecule has 2 rings (SSSR count). The lowest BCUT2D eigenvalue weighted by Crippen LogP contribution is -2.39. The van der Waals surface area contributed by atoms with Crippen LogP contribution in [0.25, 0.3) is 0 Å². The van der Waals surface area contributed by atoms with E-state index in [1.54, 1.807) is 16.9 Å². The third-order valence-corrected chi connectivity index (χ3v) is 4.54. The van der Waals surface area contributed by atoms with Crippen molar-refractivity contribution < 1.29 is 18.0 Å². The highest BCUT2D eigenvalue weighted by atomic mass is 35.5. The maximum Gasteiger partial charge on any atom is 0.416 e. The number of benzene rings is 1. The van der Waals surface area contributed by atoms with Crippen molar-refractivity contribution in [2.45, 2.75) is 32.6 Å². The molecule has 0 saturated carbocycles. The van der Waals surface area contributed by atoms with Crippen LogP contribution in [0.1, 0.15) is 19.4 Å². The van der Waals surface area contributed by atoms with Crippen LogP contribution in [0.3, 0.4) is 0 Å². The van der Waals surface area contributed by atoms with Crippen LogP contribution in [-0.2, 0) is 17.5 Å². The Morgan fingerprint density at radius 2 is 1.97 bits per heavy atom. The summed E-state index contributed by atoms with van der Waals surface area (Å²) in [5.41, 5.74) is -0.591. The van der Waals surface area contributed by atoms with Gasteiger partial charge in [0.25, 0.3) is 0 Å². The second-order valence-corrected chi connectivity index (χ2v) is 7.72. The molecular formula is C19H25ClF3N5O. The summed E-state index contributed by atoms with van der Waals surface area (Å²) in [6.45, 7) is 5.13. The number of anilines is 2. The Morgan fingerprint density at radius 3 is 2.52 bits per heavy atom. The molecular weight excluding hydrogens is 407 g/mol. The van der Waals surface area contributed by atoms with Crippen LogP contribution in [0.5, 0.6) is 0 Å². The Bertz CT molecular complexity index is 835. The lowest BCUT2D eigenvalue weighted by atomic mass is 10.0. The lowest BCUT2D eigenvalue weighted by Gasteiger charge is -2.23. The van der Waals surface area contributed by atoms with E-state index in [9.17, 15) is 18.0 Å². The zero-order valence-electron chi connectivity index (χ0n) is 16.7. The van der Waals surface area contributed by atoms with Gasteiger partial charge in [-0.25, -0.2) is 0 Å². The number of carbonyl (C=O) groups is 1. The molecule has 0 fully saturated rings. The van der Waals surface area contributed by atoms with Crippen molar-refractivity contribution in [2.24, 2.45) is 5.92 Å². The van der Waals surface area contributed by atoms with Crippen LogP contribution in [0.4, 0.5) is 24.7 Å². The normalized spacial score (nSPS) is 13.0. The molecule has 1 aromatic heterocycles. The van der Waals surface area contributed by atoms with Crippen LogP contribution in [0, 0.1) is 5.92 Å². The first-order valence-electron chi connectivity index (χ1n) is 9.09. The molecule has 0 aliphatic carbocycles. The van der Waals surface area contributed by atoms with Crippen LogP contribution in [0.15, 0.2) is 30.5 Å². The predicted octanol–water partition coefficient (Wildman–Crippen LogP) is 4.19. The smallest absolute Gasteiger partial charge is 0.372 e. The minimum absolute atomic E-state index is 0.105. The molecule has 0 aliphatic heterocycles. The summed E-state index contributed by atoms with van der Waals surface area (Å²) in [5.74, 6) is -0.0993. The number of likely N-dealkylation sites (N-methyl/N-ethyl adjacent to an activating group) is 1. The van der Waals surface area contributed by atoms with E-state index in [1.165, 1.54) is 6.07 Å². The van der Waals surface area contributed by atoms with Crippen molar-refractivity contribution in [3.63, 3.8) is 0 Å². The molecule has 160 valence electrons. The molecule has 0 spiro atoms. The maximum absolute atomic E-state index is 12.8. The first-order chi connectivity index (χ1) is 13.5. The zero-order chi connectivity index (χ0) is 21.8. The van der Waals surface area contributed by atoms with Crippen molar-refractivity contribution in [2.75, 3.05) is 31.3 Å². The molecule has 10 heteroatoms. The molecule has 2 N–H and O–H groups in total. The Labute approximate surface area is 173 Å². The highest BCUT2D eigenvalue weighted by molar-refractivity contribution is 6.33. The number of carbonyl (C=O) groups excluding carboxylic acids is 1. The van der Waals surface area contributed by atoms with Gasteiger partial charge in [0.05, 0.1) is 22.8 Å². The van der Waals surface area contributed by atoms with E-state index in [-0.39, 0.29) is 22.5 Å². The highest BCUT2D eigenvalue weighted by Crippen LogP contribution is 2.34. The van der Waals surface area contributed by atoms with Gasteiger partial charge in [0.1, 0.15) is 6.04 Å². The van der Waals surface area contributed by atoms with Gasteiger partial charge >= 0.3 is 6.18 Å². The topological polar surface area (TPSA) is 62.2 Å². The fourth-order valence-electron chi connectivity index (χ4n) is 2.57. The van der Waals surface area contributed by atoms with Crippen molar-refractivity contribution in [1.29, 1.82) is 0 Å². The molecule has 1 heterocycles. The standard InChI is InChI=1S/C19H25ClF3N5O/c1-12(2)17(24-15-6-5-13(11-14(15)20)19(21,22)23)18(29)25-16-7-8-28(26-16)10-9-27(3)4/h5-8,11-12,17,24H,9-10H2,1-4H3,(H,25,26,29)/t17-/m0/s1. The van der Waals surface area contributed by atoms with Gasteiger partial charge in [-0.2, -0.15) is 18.3 Å². The SMILES string of the molecule is CC(C)[C@H](Nc1ccc(C(F)(F)F)cc1Cl)C(=O)Nc1ccn(CCN(C)C)n1. The number of amides is 1. The lowest BCUT2D eigenvalue weighted by molar-refractivity contribution is -0.137. The second-order valence-electron chi connectivity index (χ2n) is 7.31. The highest BCUT2D eigenvalue weighted by Gasteiger charge is 2.31. The van der Waals surface area contributed by atoms with Gasteiger partial charge in [-0.15, -0.1) is 0 Å². The Hall–Kier alpha value is -2.26. The van der Waals surface area contributed by atoms with Crippen LogP contribution in [0.2, 0.25) is 5.02 Å². The minimum Gasteiger partial charge on any atom is -0.372 e. The van der Waals surface area contributed by atoms with E-state index >= 15 is 0 Å². The fraction of sp³-hybridized carbons (Fsp3) is 0.474. The average Bonchev–Trinajstić information content (AvgIpc) is 3.04. The van der Waals surface area contributed by atoms with Gasteiger partial charge in [-0.3, -0.25) is 9.48 Å². The molecule has 29 heavy (non-hydrogen) atoms. The number of halogens is 4. The summed E-state index contributed by atoms with van der Waals surface area (Å²) in [4.78, 5) is 14.7. The third kappa shape index (κ3) is 6.64. The molecule has 1 atom stereocenters. The quantitative estimate of drug-likeness (QED) is 0.657. The van der Waals surface area contributed by atoms with Gasteiger partial charge < -0.3 is 15.5 Å². The number of rotatable bonds is 8.